The summed E-state index contributed by atoms with van der Waals surface area (Å²) in [5, 5.41) is 0. The van der Waals surface area contributed by atoms with Gasteiger partial charge >= 0.3 is 5.97 Å². The molecule has 62 valence electrons. The van der Waals surface area contributed by atoms with Crippen molar-refractivity contribution in [2.24, 2.45) is 0 Å². The molecule has 11 heavy (non-hydrogen) atoms. The summed E-state index contributed by atoms with van der Waals surface area (Å²) in [5.41, 5.74) is 0.944. The minimum Gasteiger partial charge on any atom is -0.432 e. The fourth-order valence-corrected chi connectivity index (χ4v) is 0.481. The van der Waals surface area contributed by atoms with Gasteiger partial charge in [0.1, 0.15) is 0 Å². The van der Waals surface area contributed by atoms with Crippen LogP contribution in [0.15, 0.2) is 24.0 Å². The summed E-state index contributed by atoms with van der Waals surface area (Å²) in [6.07, 6.45) is 5.54. The molecule has 0 N–H and O–H groups in total. The summed E-state index contributed by atoms with van der Waals surface area (Å²) in [6.45, 7) is 5.68. The highest BCUT2D eigenvalue weighted by Gasteiger charge is 1.91. The van der Waals surface area contributed by atoms with E-state index in [1.54, 1.807) is 6.08 Å². The number of esters is 1. The summed E-state index contributed by atoms with van der Waals surface area (Å²) in [5.74, 6) is -0.310. The molecule has 2 nitrogen and oxygen atoms in total. The van der Waals surface area contributed by atoms with Gasteiger partial charge in [-0.05, 0) is 26.3 Å². The third-order valence-electron chi connectivity index (χ3n) is 0.923. The molecule has 0 aliphatic rings. The fourth-order valence-electron chi connectivity index (χ4n) is 0.481. The van der Waals surface area contributed by atoms with Crippen LogP contribution in [0.1, 0.15) is 27.2 Å². The Morgan fingerprint density at radius 2 is 2.09 bits per heavy atom. The SMILES string of the molecule is CCC=COC(=O)C=C(C)C. The van der Waals surface area contributed by atoms with E-state index < -0.39 is 0 Å². The minimum absolute atomic E-state index is 0.310. The Labute approximate surface area is 67.6 Å². The standard InChI is InChI=1S/C9H14O2/c1-4-5-6-11-9(10)7-8(2)3/h5-7H,4H2,1-3H3. The van der Waals surface area contributed by atoms with E-state index in [9.17, 15) is 4.79 Å². The van der Waals surface area contributed by atoms with Crippen LogP contribution in [-0.4, -0.2) is 5.97 Å². The van der Waals surface area contributed by atoms with Gasteiger partial charge in [0.25, 0.3) is 0 Å². The second-order valence-corrected chi connectivity index (χ2v) is 2.44. The van der Waals surface area contributed by atoms with Crippen molar-refractivity contribution >= 4 is 5.97 Å². The molecule has 2 heteroatoms. The van der Waals surface area contributed by atoms with Crippen LogP contribution in [0.2, 0.25) is 0 Å². The first-order valence-corrected chi connectivity index (χ1v) is 3.67. The quantitative estimate of drug-likeness (QED) is 0.354. The van der Waals surface area contributed by atoms with Crippen LogP contribution in [0.3, 0.4) is 0 Å². The molecule has 0 saturated carbocycles. The van der Waals surface area contributed by atoms with Crippen molar-refractivity contribution in [1.82, 2.24) is 0 Å². The molecule has 0 bridgehead atoms. The first kappa shape index (κ1) is 9.95. The number of hydrogen-bond acceptors (Lipinski definition) is 2. The Morgan fingerprint density at radius 3 is 2.55 bits per heavy atom. The Hall–Kier alpha value is -1.05. The molecule has 0 heterocycles. The number of allylic oxidation sites excluding steroid dienone is 2. The summed E-state index contributed by atoms with van der Waals surface area (Å²) in [4.78, 5) is 10.8. The number of ether oxygens (including phenoxy) is 1. The molecule has 0 atom stereocenters. The number of carbonyl (C=O) groups is 1. The van der Waals surface area contributed by atoms with Gasteiger partial charge in [-0.2, -0.15) is 0 Å². The summed E-state index contributed by atoms with van der Waals surface area (Å²) in [6, 6.07) is 0. The van der Waals surface area contributed by atoms with E-state index in [4.69, 9.17) is 4.74 Å². The van der Waals surface area contributed by atoms with E-state index in [0.717, 1.165) is 12.0 Å². The van der Waals surface area contributed by atoms with Gasteiger partial charge in [-0.25, -0.2) is 4.79 Å². The molecular formula is C9H14O2. The van der Waals surface area contributed by atoms with Gasteiger partial charge in [0, 0.05) is 6.08 Å². The first-order chi connectivity index (χ1) is 5.16. The fraction of sp³-hybridized carbons (Fsp3) is 0.444. The van der Waals surface area contributed by atoms with Crippen LogP contribution in [-0.2, 0) is 9.53 Å². The van der Waals surface area contributed by atoms with E-state index in [1.165, 1.54) is 12.3 Å². The number of carbonyl (C=O) groups excluding carboxylic acids is 1. The predicted octanol–water partition coefficient (Wildman–Crippen LogP) is 2.42. The van der Waals surface area contributed by atoms with Gasteiger partial charge < -0.3 is 4.74 Å². The van der Waals surface area contributed by atoms with Crippen LogP contribution in [0.4, 0.5) is 0 Å². The van der Waals surface area contributed by atoms with Gasteiger partial charge in [0.05, 0.1) is 6.26 Å². The normalized spacial score (nSPS) is 9.73. The molecule has 0 spiro atoms. The summed E-state index contributed by atoms with van der Waals surface area (Å²) >= 11 is 0. The third kappa shape index (κ3) is 6.84. The lowest BCUT2D eigenvalue weighted by atomic mass is 10.3. The van der Waals surface area contributed by atoms with E-state index >= 15 is 0 Å². The lowest BCUT2D eigenvalue weighted by Crippen LogP contribution is -1.94. The minimum atomic E-state index is -0.310. The topological polar surface area (TPSA) is 26.3 Å². The van der Waals surface area contributed by atoms with Crippen molar-refractivity contribution in [3.05, 3.63) is 24.0 Å². The molecule has 0 aromatic carbocycles. The van der Waals surface area contributed by atoms with Gasteiger partial charge in [-0.1, -0.05) is 12.5 Å². The second-order valence-electron chi connectivity index (χ2n) is 2.44. The average molecular weight is 154 g/mol. The van der Waals surface area contributed by atoms with Crippen molar-refractivity contribution in [2.75, 3.05) is 0 Å². The summed E-state index contributed by atoms with van der Waals surface area (Å²) < 4.78 is 4.70. The molecule has 0 fully saturated rings. The van der Waals surface area contributed by atoms with Crippen molar-refractivity contribution in [3.63, 3.8) is 0 Å². The maximum Gasteiger partial charge on any atom is 0.335 e. The van der Waals surface area contributed by atoms with E-state index in [1.807, 2.05) is 20.8 Å². The molecule has 0 unspecified atom stereocenters. The molecule has 0 aromatic heterocycles. The van der Waals surface area contributed by atoms with Crippen molar-refractivity contribution in [3.8, 4) is 0 Å². The molecule has 0 saturated heterocycles. The Bertz CT molecular complexity index is 174. The van der Waals surface area contributed by atoms with Crippen LogP contribution >= 0.6 is 0 Å². The Morgan fingerprint density at radius 1 is 1.45 bits per heavy atom. The molecule has 0 amide bonds. The maximum absolute atomic E-state index is 10.8. The third-order valence-corrected chi connectivity index (χ3v) is 0.923. The molecule has 0 rings (SSSR count). The van der Waals surface area contributed by atoms with Crippen LogP contribution in [0.5, 0.6) is 0 Å². The van der Waals surface area contributed by atoms with Gasteiger partial charge in [-0.15, -0.1) is 0 Å². The van der Waals surface area contributed by atoms with E-state index in [-0.39, 0.29) is 5.97 Å². The molecule has 0 aromatic rings. The monoisotopic (exact) mass is 154 g/mol. The van der Waals surface area contributed by atoms with E-state index in [0.29, 0.717) is 0 Å². The highest BCUT2D eigenvalue weighted by molar-refractivity contribution is 5.83. The smallest absolute Gasteiger partial charge is 0.335 e. The van der Waals surface area contributed by atoms with Crippen LogP contribution in [0, 0.1) is 0 Å². The number of rotatable bonds is 3. The average Bonchev–Trinajstić information content (AvgIpc) is 1.86. The highest BCUT2D eigenvalue weighted by Crippen LogP contribution is 1.91. The zero-order valence-electron chi connectivity index (χ0n) is 7.26. The second kappa shape index (κ2) is 5.71. The first-order valence-electron chi connectivity index (χ1n) is 3.67. The van der Waals surface area contributed by atoms with Gasteiger partial charge in [0.2, 0.25) is 0 Å². The Balaban J connectivity index is 3.71. The van der Waals surface area contributed by atoms with Crippen molar-refractivity contribution < 1.29 is 9.53 Å². The van der Waals surface area contributed by atoms with Gasteiger partial charge in [-0.3, -0.25) is 0 Å². The lowest BCUT2D eigenvalue weighted by molar-refractivity contribution is -0.132. The highest BCUT2D eigenvalue weighted by atomic mass is 16.5. The van der Waals surface area contributed by atoms with E-state index in [2.05, 4.69) is 0 Å². The molecule has 0 aliphatic heterocycles. The zero-order valence-corrected chi connectivity index (χ0v) is 7.26. The lowest BCUT2D eigenvalue weighted by Gasteiger charge is -1.92. The van der Waals surface area contributed by atoms with Gasteiger partial charge in [0.15, 0.2) is 0 Å². The zero-order chi connectivity index (χ0) is 8.69. The molecular weight excluding hydrogens is 140 g/mol. The molecule has 0 aliphatic carbocycles. The van der Waals surface area contributed by atoms with Crippen molar-refractivity contribution in [1.29, 1.82) is 0 Å². The summed E-state index contributed by atoms with van der Waals surface area (Å²) in [7, 11) is 0. The molecule has 0 radical (unpaired) electrons. The number of hydrogen-bond donors (Lipinski definition) is 0. The van der Waals surface area contributed by atoms with Crippen LogP contribution < -0.4 is 0 Å². The maximum atomic E-state index is 10.8. The van der Waals surface area contributed by atoms with Crippen molar-refractivity contribution in [2.45, 2.75) is 27.2 Å². The largest absolute Gasteiger partial charge is 0.432 e. The Kier molecular flexibility index (Phi) is 5.17. The predicted molar refractivity (Wildman–Crippen MR) is 45.0 cm³/mol. The van der Waals surface area contributed by atoms with Crippen LogP contribution in [0.25, 0.3) is 0 Å².